The van der Waals surface area contributed by atoms with Crippen molar-refractivity contribution in [1.29, 1.82) is 0 Å². The van der Waals surface area contributed by atoms with Crippen LogP contribution < -0.4 is 10.1 Å². The van der Waals surface area contributed by atoms with E-state index in [9.17, 15) is 5.11 Å². The molecule has 3 nitrogen and oxygen atoms in total. The summed E-state index contributed by atoms with van der Waals surface area (Å²) in [6.45, 7) is 1.85. The second-order valence-electron chi connectivity index (χ2n) is 4.39. The molecule has 18 heavy (non-hydrogen) atoms. The minimum Gasteiger partial charge on any atom is -0.503 e. The number of thioether (sulfide) groups is 1. The van der Waals surface area contributed by atoms with Gasteiger partial charge in [0.25, 0.3) is 0 Å². The highest BCUT2D eigenvalue weighted by molar-refractivity contribution is 9.10. The van der Waals surface area contributed by atoms with E-state index in [1.807, 2.05) is 12.1 Å². The molecule has 0 aromatic heterocycles. The first-order valence-electron chi connectivity index (χ1n) is 6.08. The highest BCUT2D eigenvalue weighted by Gasteiger charge is 2.15. The summed E-state index contributed by atoms with van der Waals surface area (Å²) in [6.07, 6.45) is 2.66. The molecular formula is C13H18BrNO2S. The summed E-state index contributed by atoms with van der Waals surface area (Å²) in [5.74, 6) is 1.97. The van der Waals surface area contributed by atoms with Gasteiger partial charge in [0.2, 0.25) is 0 Å². The molecule has 1 fully saturated rings. The molecule has 0 radical (unpaired) electrons. The van der Waals surface area contributed by atoms with Gasteiger partial charge in [-0.15, -0.1) is 0 Å². The monoisotopic (exact) mass is 331 g/mol. The highest BCUT2D eigenvalue weighted by Crippen LogP contribution is 2.35. The van der Waals surface area contributed by atoms with Gasteiger partial charge in [0.05, 0.1) is 11.6 Å². The van der Waals surface area contributed by atoms with Crippen LogP contribution in [0, 0.1) is 0 Å². The third kappa shape index (κ3) is 3.56. The van der Waals surface area contributed by atoms with Gasteiger partial charge in [-0.25, -0.2) is 0 Å². The van der Waals surface area contributed by atoms with Crippen molar-refractivity contribution < 1.29 is 9.84 Å². The normalized spacial score (nSPS) is 19.1. The molecule has 1 aliphatic heterocycles. The van der Waals surface area contributed by atoms with Gasteiger partial charge < -0.3 is 15.2 Å². The first-order valence-corrected chi connectivity index (χ1v) is 7.92. The van der Waals surface area contributed by atoms with E-state index < -0.39 is 0 Å². The van der Waals surface area contributed by atoms with Gasteiger partial charge in [-0.05, 0) is 52.2 Å². The molecule has 1 unspecified atom stereocenters. The fourth-order valence-electron chi connectivity index (χ4n) is 2.07. The van der Waals surface area contributed by atoms with E-state index in [1.54, 1.807) is 7.11 Å². The van der Waals surface area contributed by atoms with Crippen LogP contribution in [0.1, 0.15) is 18.4 Å². The SMILES string of the molecule is COc1cc(CNCC2CCCS2)cc(Br)c1O. The van der Waals surface area contributed by atoms with Crippen molar-refractivity contribution in [1.82, 2.24) is 5.32 Å². The fourth-order valence-corrected chi connectivity index (χ4v) is 3.79. The van der Waals surface area contributed by atoms with Crippen LogP contribution in [0.25, 0.3) is 0 Å². The molecule has 1 aromatic rings. The zero-order valence-electron chi connectivity index (χ0n) is 10.4. The molecule has 0 saturated carbocycles. The second kappa shape index (κ2) is 6.68. The number of hydrogen-bond acceptors (Lipinski definition) is 4. The molecule has 0 amide bonds. The molecule has 0 spiro atoms. The predicted octanol–water partition coefficient (Wildman–Crippen LogP) is 3.15. The largest absolute Gasteiger partial charge is 0.503 e. The Balaban J connectivity index is 1.90. The molecule has 1 aliphatic rings. The van der Waals surface area contributed by atoms with E-state index in [-0.39, 0.29) is 5.75 Å². The smallest absolute Gasteiger partial charge is 0.172 e. The third-order valence-electron chi connectivity index (χ3n) is 3.03. The molecule has 1 aromatic carbocycles. The minimum absolute atomic E-state index is 0.160. The standard InChI is InChI=1S/C13H18BrNO2S/c1-17-12-6-9(5-11(14)13(12)16)7-15-8-10-3-2-4-18-10/h5-6,10,15-16H,2-4,7-8H2,1H3. The van der Waals surface area contributed by atoms with Crippen LogP contribution in [0.4, 0.5) is 0 Å². The second-order valence-corrected chi connectivity index (χ2v) is 6.66. The summed E-state index contributed by atoms with van der Waals surface area (Å²) >= 11 is 5.39. The fraction of sp³-hybridized carbons (Fsp3) is 0.538. The molecule has 1 heterocycles. The van der Waals surface area contributed by atoms with Gasteiger partial charge in [-0.2, -0.15) is 11.8 Å². The highest BCUT2D eigenvalue weighted by atomic mass is 79.9. The van der Waals surface area contributed by atoms with Crippen molar-refractivity contribution in [3.05, 3.63) is 22.2 Å². The number of nitrogens with one attached hydrogen (secondary N) is 1. The molecule has 2 rings (SSSR count). The molecule has 5 heteroatoms. The van der Waals surface area contributed by atoms with Crippen LogP contribution in [-0.4, -0.2) is 29.8 Å². The number of halogens is 1. The van der Waals surface area contributed by atoms with E-state index in [2.05, 4.69) is 33.0 Å². The Morgan fingerprint density at radius 3 is 3.06 bits per heavy atom. The Kier molecular flexibility index (Phi) is 5.21. The summed E-state index contributed by atoms with van der Waals surface area (Å²) in [5, 5.41) is 13.9. The predicted molar refractivity (Wildman–Crippen MR) is 79.5 cm³/mol. The lowest BCUT2D eigenvalue weighted by Gasteiger charge is -2.12. The lowest BCUT2D eigenvalue weighted by atomic mass is 10.2. The van der Waals surface area contributed by atoms with Crippen LogP contribution in [0.5, 0.6) is 11.5 Å². The zero-order chi connectivity index (χ0) is 13.0. The van der Waals surface area contributed by atoms with Gasteiger partial charge >= 0.3 is 0 Å². The average molecular weight is 332 g/mol. The van der Waals surface area contributed by atoms with E-state index in [0.29, 0.717) is 10.2 Å². The van der Waals surface area contributed by atoms with E-state index in [4.69, 9.17) is 4.74 Å². The number of benzene rings is 1. The van der Waals surface area contributed by atoms with Crippen molar-refractivity contribution in [3.8, 4) is 11.5 Å². The maximum Gasteiger partial charge on any atom is 0.172 e. The van der Waals surface area contributed by atoms with Crippen LogP contribution in [0.3, 0.4) is 0 Å². The Morgan fingerprint density at radius 2 is 2.39 bits per heavy atom. The summed E-state index contributed by atoms with van der Waals surface area (Å²) < 4.78 is 5.81. The van der Waals surface area contributed by atoms with Crippen molar-refractivity contribution in [2.24, 2.45) is 0 Å². The summed E-state index contributed by atoms with van der Waals surface area (Å²) in [5.41, 5.74) is 1.11. The van der Waals surface area contributed by atoms with Gasteiger partial charge in [-0.1, -0.05) is 0 Å². The Bertz CT molecular complexity index is 408. The zero-order valence-corrected chi connectivity index (χ0v) is 12.8. The summed E-state index contributed by atoms with van der Waals surface area (Å²) in [7, 11) is 1.56. The topological polar surface area (TPSA) is 41.5 Å². The number of phenolic OH excluding ortho intramolecular Hbond substituents is 1. The molecule has 1 atom stereocenters. The molecule has 100 valence electrons. The summed E-state index contributed by atoms with van der Waals surface area (Å²) in [4.78, 5) is 0. The Hall–Kier alpha value is -0.390. The van der Waals surface area contributed by atoms with Crippen molar-refractivity contribution in [3.63, 3.8) is 0 Å². The molecule has 0 aliphatic carbocycles. The number of phenols is 1. The maximum atomic E-state index is 9.72. The van der Waals surface area contributed by atoms with E-state index >= 15 is 0 Å². The number of rotatable bonds is 5. The van der Waals surface area contributed by atoms with E-state index in [0.717, 1.165) is 23.9 Å². The molecular weight excluding hydrogens is 314 g/mol. The van der Waals surface area contributed by atoms with Crippen molar-refractivity contribution >= 4 is 27.7 Å². The number of ether oxygens (including phenoxy) is 1. The van der Waals surface area contributed by atoms with Crippen LogP contribution in [0.15, 0.2) is 16.6 Å². The van der Waals surface area contributed by atoms with Gasteiger partial charge in [0, 0.05) is 18.3 Å². The van der Waals surface area contributed by atoms with Crippen LogP contribution in [0.2, 0.25) is 0 Å². The number of hydrogen-bond donors (Lipinski definition) is 2. The van der Waals surface area contributed by atoms with E-state index in [1.165, 1.54) is 18.6 Å². The van der Waals surface area contributed by atoms with Crippen molar-refractivity contribution in [2.45, 2.75) is 24.6 Å². The lowest BCUT2D eigenvalue weighted by Crippen LogP contribution is -2.22. The lowest BCUT2D eigenvalue weighted by molar-refractivity contribution is 0.371. The summed E-state index contributed by atoms with van der Waals surface area (Å²) in [6, 6.07) is 3.79. The third-order valence-corrected chi connectivity index (χ3v) is 5.04. The molecule has 2 N–H and O–H groups in total. The van der Waals surface area contributed by atoms with Crippen LogP contribution in [-0.2, 0) is 6.54 Å². The Labute approximate surface area is 120 Å². The quantitative estimate of drug-likeness (QED) is 0.869. The average Bonchev–Trinajstić information content (AvgIpc) is 2.86. The van der Waals surface area contributed by atoms with Crippen LogP contribution >= 0.6 is 27.7 Å². The van der Waals surface area contributed by atoms with Gasteiger partial charge in [-0.3, -0.25) is 0 Å². The number of methoxy groups -OCH3 is 1. The molecule has 0 bridgehead atoms. The minimum atomic E-state index is 0.160. The van der Waals surface area contributed by atoms with Gasteiger partial charge in [0.15, 0.2) is 11.5 Å². The van der Waals surface area contributed by atoms with Crippen molar-refractivity contribution in [2.75, 3.05) is 19.4 Å². The maximum absolute atomic E-state index is 9.72. The first kappa shape index (κ1) is 14.0. The first-order chi connectivity index (χ1) is 8.70. The Morgan fingerprint density at radius 1 is 1.56 bits per heavy atom. The number of aromatic hydroxyl groups is 1. The molecule has 1 saturated heterocycles. The van der Waals surface area contributed by atoms with Gasteiger partial charge in [0.1, 0.15) is 0 Å².